The van der Waals surface area contributed by atoms with Crippen molar-refractivity contribution in [3.05, 3.63) is 40.4 Å². The third-order valence-corrected chi connectivity index (χ3v) is 3.71. The molecule has 1 aromatic carbocycles. The Morgan fingerprint density at radius 3 is 2.53 bits per heavy atom. The van der Waals surface area contributed by atoms with E-state index < -0.39 is 17.5 Å². The lowest BCUT2D eigenvalue weighted by Crippen LogP contribution is -2.12. The van der Waals surface area contributed by atoms with Crippen LogP contribution in [0.5, 0.6) is 0 Å². The molecule has 1 aliphatic rings. The van der Waals surface area contributed by atoms with Crippen molar-refractivity contribution in [3.8, 4) is 0 Å². The van der Waals surface area contributed by atoms with Crippen LogP contribution in [0.2, 0.25) is 0 Å². The number of rotatable bonds is 3. The molecule has 2 aromatic rings. The van der Waals surface area contributed by atoms with E-state index in [1.807, 2.05) is 0 Å². The molecule has 0 unspecified atom stereocenters. The maximum atomic E-state index is 13.0. The number of carbonyl (C=O) groups excluding carboxylic acids is 1. The summed E-state index contributed by atoms with van der Waals surface area (Å²) in [5.41, 5.74) is -0.0827. The molecule has 3 rings (SSSR count). The van der Waals surface area contributed by atoms with Crippen molar-refractivity contribution in [2.24, 2.45) is 0 Å². The molecule has 1 amide bonds. The summed E-state index contributed by atoms with van der Waals surface area (Å²) < 4.78 is 26.0. The zero-order valence-corrected chi connectivity index (χ0v) is 10.5. The molecular weight excluding hydrogens is 272 g/mol. The quantitative estimate of drug-likeness (QED) is 0.941. The van der Waals surface area contributed by atoms with Crippen LogP contribution in [-0.4, -0.2) is 16.1 Å². The highest BCUT2D eigenvalue weighted by molar-refractivity contribution is 7.15. The van der Waals surface area contributed by atoms with E-state index in [1.54, 1.807) is 0 Å². The standard InChI is InChI=1S/C12H9F2N3OS/c13-8-3-7(4-9(14)5-8)10(18)15-12-17-16-11(19-12)6-1-2-6/h3-6H,1-2H2,(H,15,17,18). The lowest BCUT2D eigenvalue weighted by molar-refractivity contribution is 0.102. The van der Waals surface area contributed by atoms with Crippen molar-refractivity contribution in [2.45, 2.75) is 18.8 Å². The molecule has 0 saturated heterocycles. The number of nitrogens with one attached hydrogen (secondary N) is 1. The molecule has 7 heteroatoms. The van der Waals surface area contributed by atoms with Gasteiger partial charge in [0.05, 0.1) is 0 Å². The molecule has 1 N–H and O–H groups in total. The molecule has 1 aliphatic carbocycles. The summed E-state index contributed by atoms with van der Waals surface area (Å²) in [6.45, 7) is 0. The average molecular weight is 281 g/mol. The van der Waals surface area contributed by atoms with Crippen LogP contribution in [0, 0.1) is 11.6 Å². The van der Waals surface area contributed by atoms with Crippen LogP contribution in [0.15, 0.2) is 18.2 Å². The SMILES string of the molecule is O=C(Nc1nnc(C2CC2)s1)c1cc(F)cc(F)c1. The molecule has 1 aromatic heterocycles. The monoisotopic (exact) mass is 281 g/mol. The summed E-state index contributed by atoms with van der Waals surface area (Å²) >= 11 is 1.29. The third-order valence-electron chi connectivity index (χ3n) is 2.71. The Hall–Kier alpha value is -1.89. The highest BCUT2D eigenvalue weighted by Gasteiger charge is 2.27. The van der Waals surface area contributed by atoms with E-state index in [-0.39, 0.29) is 5.56 Å². The molecule has 0 spiro atoms. The molecule has 1 saturated carbocycles. The van der Waals surface area contributed by atoms with Crippen LogP contribution in [-0.2, 0) is 0 Å². The van der Waals surface area contributed by atoms with Crippen molar-refractivity contribution in [2.75, 3.05) is 5.32 Å². The summed E-state index contributed by atoms with van der Waals surface area (Å²) in [7, 11) is 0. The molecule has 4 nitrogen and oxygen atoms in total. The van der Waals surface area contributed by atoms with Crippen molar-refractivity contribution >= 4 is 22.4 Å². The molecule has 0 aliphatic heterocycles. The Morgan fingerprint density at radius 2 is 1.89 bits per heavy atom. The maximum Gasteiger partial charge on any atom is 0.257 e. The number of benzene rings is 1. The summed E-state index contributed by atoms with van der Waals surface area (Å²) in [5.74, 6) is -1.73. The molecular formula is C12H9F2N3OS. The molecule has 0 atom stereocenters. The van der Waals surface area contributed by atoms with Gasteiger partial charge in [-0.05, 0) is 25.0 Å². The highest BCUT2D eigenvalue weighted by atomic mass is 32.1. The van der Waals surface area contributed by atoms with Gasteiger partial charge in [-0.1, -0.05) is 11.3 Å². The van der Waals surface area contributed by atoms with Gasteiger partial charge in [-0.3, -0.25) is 10.1 Å². The first-order valence-corrected chi connectivity index (χ1v) is 6.54. The van der Waals surface area contributed by atoms with E-state index in [4.69, 9.17) is 0 Å². The van der Waals surface area contributed by atoms with Gasteiger partial charge in [0.15, 0.2) is 0 Å². The maximum absolute atomic E-state index is 13.0. The predicted molar refractivity (Wildman–Crippen MR) is 66.2 cm³/mol. The fourth-order valence-electron chi connectivity index (χ4n) is 1.63. The second-order valence-electron chi connectivity index (χ2n) is 4.33. The largest absolute Gasteiger partial charge is 0.296 e. The van der Waals surface area contributed by atoms with Gasteiger partial charge in [-0.15, -0.1) is 10.2 Å². The topological polar surface area (TPSA) is 54.9 Å². The Labute approximate surface area is 111 Å². The van der Waals surface area contributed by atoms with E-state index >= 15 is 0 Å². The number of hydrogen-bond acceptors (Lipinski definition) is 4. The number of carbonyl (C=O) groups is 1. The number of nitrogens with zero attached hydrogens (tertiary/aromatic N) is 2. The second kappa shape index (κ2) is 4.65. The number of amides is 1. The fourth-order valence-corrected chi connectivity index (χ4v) is 2.54. The van der Waals surface area contributed by atoms with Gasteiger partial charge in [0, 0.05) is 17.5 Å². The molecule has 1 heterocycles. The van der Waals surface area contributed by atoms with E-state index in [0.29, 0.717) is 17.1 Å². The van der Waals surface area contributed by atoms with Crippen LogP contribution < -0.4 is 5.32 Å². The van der Waals surface area contributed by atoms with Crippen LogP contribution in [0.1, 0.15) is 34.1 Å². The number of aromatic nitrogens is 2. The van der Waals surface area contributed by atoms with E-state index in [0.717, 1.165) is 30.0 Å². The average Bonchev–Trinajstić information content (AvgIpc) is 3.09. The Kier molecular flexibility index (Phi) is 2.98. The van der Waals surface area contributed by atoms with Crippen molar-refractivity contribution in [1.29, 1.82) is 0 Å². The Morgan fingerprint density at radius 1 is 1.21 bits per heavy atom. The normalized spacial score (nSPS) is 14.4. The highest BCUT2D eigenvalue weighted by Crippen LogP contribution is 2.42. The molecule has 0 radical (unpaired) electrons. The molecule has 98 valence electrons. The van der Waals surface area contributed by atoms with E-state index in [1.165, 1.54) is 11.3 Å². The third kappa shape index (κ3) is 2.76. The van der Waals surface area contributed by atoms with Gasteiger partial charge in [-0.2, -0.15) is 0 Å². The first-order valence-electron chi connectivity index (χ1n) is 5.72. The smallest absolute Gasteiger partial charge is 0.257 e. The summed E-state index contributed by atoms with van der Waals surface area (Å²) in [6.07, 6.45) is 2.19. The number of anilines is 1. The summed E-state index contributed by atoms with van der Waals surface area (Å²) in [6, 6.07) is 2.66. The molecule has 19 heavy (non-hydrogen) atoms. The minimum absolute atomic E-state index is 0.0827. The van der Waals surface area contributed by atoms with Crippen molar-refractivity contribution in [1.82, 2.24) is 10.2 Å². The van der Waals surface area contributed by atoms with Crippen LogP contribution in [0.3, 0.4) is 0 Å². The van der Waals surface area contributed by atoms with E-state index in [9.17, 15) is 13.6 Å². The molecule has 1 fully saturated rings. The van der Waals surface area contributed by atoms with Crippen LogP contribution >= 0.6 is 11.3 Å². The van der Waals surface area contributed by atoms with Crippen LogP contribution in [0.4, 0.5) is 13.9 Å². The van der Waals surface area contributed by atoms with Gasteiger partial charge >= 0.3 is 0 Å². The fraction of sp³-hybridized carbons (Fsp3) is 0.250. The minimum Gasteiger partial charge on any atom is -0.296 e. The van der Waals surface area contributed by atoms with Crippen LogP contribution in [0.25, 0.3) is 0 Å². The van der Waals surface area contributed by atoms with Crippen molar-refractivity contribution in [3.63, 3.8) is 0 Å². The van der Waals surface area contributed by atoms with E-state index in [2.05, 4.69) is 15.5 Å². The number of halogens is 2. The number of hydrogen-bond donors (Lipinski definition) is 1. The predicted octanol–water partition coefficient (Wildman–Crippen LogP) is 2.95. The van der Waals surface area contributed by atoms with Gasteiger partial charge in [0.2, 0.25) is 5.13 Å². The summed E-state index contributed by atoms with van der Waals surface area (Å²) in [4.78, 5) is 11.8. The first-order chi connectivity index (χ1) is 9.11. The molecule has 0 bridgehead atoms. The Balaban J connectivity index is 1.75. The van der Waals surface area contributed by atoms with Gasteiger partial charge < -0.3 is 0 Å². The minimum atomic E-state index is -0.791. The van der Waals surface area contributed by atoms with Gasteiger partial charge in [0.1, 0.15) is 16.6 Å². The van der Waals surface area contributed by atoms with Gasteiger partial charge in [-0.25, -0.2) is 8.78 Å². The van der Waals surface area contributed by atoms with Gasteiger partial charge in [0.25, 0.3) is 5.91 Å². The second-order valence-corrected chi connectivity index (χ2v) is 5.34. The lowest BCUT2D eigenvalue weighted by Gasteiger charge is -2.01. The zero-order valence-electron chi connectivity index (χ0n) is 9.69. The first kappa shape index (κ1) is 12.2. The lowest BCUT2D eigenvalue weighted by atomic mass is 10.2. The zero-order chi connectivity index (χ0) is 13.4. The van der Waals surface area contributed by atoms with Crippen molar-refractivity contribution < 1.29 is 13.6 Å². The Bertz CT molecular complexity index is 619. The summed E-state index contributed by atoms with van der Waals surface area (Å²) in [5, 5.41) is 11.5.